The maximum absolute atomic E-state index is 11.8. The lowest BCUT2D eigenvalue weighted by molar-refractivity contribution is -0.115. The predicted octanol–water partition coefficient (Wildman–Crippen LogP) is 3.61. The first kappa shape index (κ1) is 15.9. The molecule has 3 N–H and O–H groups in total. The van der Waals surface area contributed by atoms with Crippen LogP contribution in [0.15, 0.2) is 47.2 Å². The SMILES string of the molecule is CCC(=O)Nc1cnn2c(NC)cc(Nc3cccc4occc34)nc12. The molecule has 0 spiro atoms. The normalized spacial score (nSPS) is 11.0. The number of rotatable bonds is 5. The van der Waals surface area contributed by atoms with Gasteiger partial charge in [-0.05, 0) is 18.2 Å². The lowest BCUT2D eigenvalue weighted by Gasteiger charge is -2.11. The van der Waals surface area contributed by atoms with Crippen molar-refractivity contribution in [2.45, 2.75) is 13.3 Å². The summed E-state index contributed by atoms with van der Waals surface area (Å²) in [5, 5.41) is 14.5. The largest absolute Gasteiger partial charge is 0.464 e. The van der Waals surface area contributed by atoms with Crippen LogP contribution >= 0.6 is 0 Å². The highest BCUT2D eigenvalue weighted by Gasteiger charge is 2.13. The molecule has 1 aromatic carbocycles. The quantitative estimate of drug-likeness (QED) is 0.509. The number of aromatic nitrogens is 3. The smallest absolute Gasteiger partial charge is 0.224 e. The molecular weight excluding hydrogens is 332 g/mol. The van der Waals surface area contributed by atoms with Gasteiger partial charge >= 0.3 is 0 Å². The van der Waals surface area contributed by atoms with E-state index in [0.29, 0.717) is 23.6 Å². The molecule has 8 heteroatoms. The lowest BCUT2D eigenvalue weighted by Crippen LogP contribution is -2.10. The molecular formula is C18H18N6O2. The molecule has 26 heavy (non-hydrogen) atoms. The summed E-state index contributed by atoms with van der Waals surface area (Å²) in [6.07, 6.45) is 3.63. The van der Waals surface area contributed by atoms with E-state index in [-0.39, 0.29) is 5.91 Å². The molecule has 3 heterocycles. The van der Waals surface area contributed by atoms with E-state index in [2.05, 4.69) is 26.0 Å². The Morgan fingerprint density at radius 2 is 2.15 bits per heavy atom. The minimum atomic E-state index is -0.0887. The van der Waals surface area contributed by atoms with Crippen molar-refractivity contribution < 1.29 is 9.21 Å². The maximum Gasteiger partial charge on any atom is 0.224 e. The second kappa shape index (κ2) is 6.40. The molecule has 0 bridgehead atoms. The molecule has 0 aliphatic rings. The lowest BCUT2D eigenvalue weighted by atomic mass is 10.2. The number of carbonyl (C=O) groups excluding carboxylic acids is 1. The van der Waals surface area contributed by atoms with Crippen LogP contribution in [0.25, 0.3) is 16.6 Å². The number of carbonyl (C=O) groups is 1. The van der Waals surface area contributed by atoms with Gasteiger partial charge in [0.25, 0.3) is 0 Å². The average Bonchev–Trinajstić information content (AvgIpc) is 3.29. The van der Waals surface area contributed by atoms with Gasteiger partial charge in [-0.15, -0.1) is 0 Å². The molecule has 0 aliphatic heterocycles. The minimum absolute atomic E-state index is 0.0887. The van der Waals surface area contributed by atoms with Gasteiger partial charge < -0.3 is 20.4 Å². The Labute approximate surface area is 149 Å². The van der Waals surface area contributed by atoms with Gasteiger partial charge in [-0.2, -0.15) is 9.61 Å². The van der Waals surface area contributed by atoms with Crippen molar-refractivity contribution in [3.05, 3.63) is 42.8 Å². The fraction of sp³-hybridized carbons (Fsp3) is 0.167. The Kier molecular flexibility index (Phi) is 3.92. The number of furan rings is 1. The monoisotopic (exact) mass is 350 g/mol. The average molecular weight is 350 g/mol. The zero-order chi connectivity index (χ0) is 18.1. The molecule has 3 aromatic heterocycles. The van der Waals surface area contributed by atoms with E-state index in [1.807, 2.05) is 30.3 Å². The van der Waals surface area contributed by atoms with Gasteiger partial charge in [0.15, 0.2) is 5.65 Å². The zero-order valence-electron chi connectivity index (χ0n) is 14.4. The number of benzene rings is 1. The first-order valence-corrected chi connectivity index (χ1v) is 8.29. The predicted molar refractivity (Wildman–Crippen MR) is 101 cm³/mol. The molecule has 132 valence electrons. The molecule has 0 saturated carbocycles. The molecule has 0 atom stereocenters. The third-order valence-corrected chi connectivity index (χ3v) is 4.08. The molecule has 0 saturated heterocycles. The number of nitrogens with zero attached hydrogens (tertiary/aromatic N) is 3. The molecule has 8 nitrogen and oxygen atoms in total. The maximum atomic E-state index is 11.8. The molecule has 0 unspecified atom stereocenters. The van der Waals surface area contributed by atoms with Crippen LogP contribution in [-0.4, -0.2) is 27.6 Å². The van der Waals surface area contributed by atoms with E-state index in [1.165, 1.54) is 0 Å². The highest BCUT2D eigenvalue weighted by Crippen LogP contribution is 2.29. The third-order valence-electron chi connectivity index (χ3n) is 4.08. The van der Waals surface area contributed by atoms with Crippen molar-refractivity contribution in [3.8, 4) is 0 Å². The van der Waals surface area contributed by atoms with Gasteiger partial charge in [-0.25, -0.2) is 4.98 Å². The molecule has 4 aromatic rings. The van der Waals surface area contributed by atoms with Crippen LogP contribution in [0.2, 0.25) is 0 Å². The van der Waals surface area contributed by atoms with Crippen molar-refractivity contribution in [1.82, 2.24) is 14.6 Å². The zero-order valence-corrected chi connectivity index (χ0v) is 14.4. The summed E-state index contributed by atoms with van der Waals surface area (Å²) in [5.41, 5.74) is 2.80. The van der Waals surface area contributed by atoms with Crippen molar-refractivity contribution in [3.63, 3.8) is 0 Å². The molecule has 4 rings (SSSR count). The minimum Gasteiger partial charge on any atom is -0.464 e. The second-order valence-electron chi connectivity index (χ2n) is 5.73. The number of nitrogens with one attached hydrogen (secondary N) is 3. The molecule has 0 fully saturated rings. The van der Waals surface area contributed by atoms with Gasteiger partial charge in [-0.1, -0.05) is 13.0 Å². The number of hydrogen-bond acceptors (Lipinski definition) is 6. The van der Waals surface area contributed by atoms with Gasteiger partial charge in [0, 0.05) is 24.9 Å². The Morgan fingerprint density at radius 3 is 2.96 bits per heavy atom. The van der Waals surface area contributed by atoms with Gasteiger partial charge in [-0.3, -0.25) is 4.79 Å². The fourth-order valence-corrected chi connectivity index (χ4v) is 2.77. The summed E-state index contributed by atoms with van der Waals surface area (Å²) < 4.78 is 7.09. The van der Waals surface area contributed by atoms with E-state index in [0.717, 1.165) is 22.5 Å². The van der Waals surface area contributed by atoms with Crippen molar-refractivity contribution in [2.24, 2.45) is 0 Å². The van der Waals surface area contributed by atoms with Crippen LogP contribution < -0.4 is 16.0 Å². The Morgan fingerprint density at radius 1 is 1.27 bits per heavy atom. The van der Waals surface area contributed by atoms with Crippen LogP contribution in [0, 0.1) is 0 Å². The van der Waals surface area contributed by atoms with E-state index >= 15 is 0 Å². The third kappa shape index (κ3) is 2.71. The highest BCUT2D eigenvalue weighted by molar-refractivity contribution is 5.95. The first-order chi connectivity index (χ1) is 12.7. The summed E-state index contributed by atoms with van der Waals surface area (Å²) in [4.78, 5) is 16.4. The summed E-state index contributed by atoms with van der Waals surface area (Å²) in [6.45, 7) is 1.80. The molecule has 0 radical (unpaired) electrons. The Bertz CT molecular complexity index is 1100. The summed E-state index contributed by atoms with van der Waals surface area (Å²) in [7, 11) is 1.81. The topological polar surface area (TPSA) is 96.5 Å². The van der Waals surface area contributed by atoms with Gasteiger partial charge in [0.1, 0.15) is 22.9 Å². The van der Waals surface area contributed by atoms with Crippen molar-refractivity contribution >= 4 is 45.5 Å². The van der Waals surface area contributed by atoms with E-state index in [1.54, 1.807) is 30.9 Å². The van der Waals surface area contributed by atoms with E-state index in [4.69, 9.17) is 4.42 Å². The first-order valence-electron chi connectivity index (χ1n) is 8.29. The highest BCUT2D eigenvalue weighted by atomic mass is 16.3. The van der Waals surface area contributed by atoms with Gasteiger partial charge in [0.05, 0.1) is 18.1 Å². The fourth-order valence-electron chi connectivity index (χ4n) is 2.77. The van der Waals surface area contributed by atoms with Crippen LogP contribution in [0.4, 0.5) is 23.0 Å². The van der Waals surface area contributed by atoms with Gasteiger partial charge in [0.2, 0.25) is 5.91 Å². The number of amides is 1. The van der Waals surface area contributed by atoms with Crippen LogP contribution in [0.3, 0.4) is 0 Å². The van der Waals surface area contributed by atoms with E-state index < -0.39 is 0 Å². The molecule has 0 aliphatic carbocycles. The number of hydrogen-bond donors (Lipinski definition) is 3. The summed E-state index contributed by atoms with van der Waals surface area (Å²) in [6, 6.07) is 9.53. The standard InChI is InChI=1S/C18H18N6O2/c1-3-17(25)22-13-10-20-24-16(19-2)9-15(23-18(13)24)21-12-5-4-6-14-11(12)7-8-26-14/h4-10,19H,3H2,1-2H3,(H,21,23)(H,22,25). The Balaban J connectivity index is 1.78. The van der Waals surface area contributed by atoms with Crippen LogP contribution in [-0.2, 0) is 4.79 Å². The van der Waals surface area contributed by atoms with Crippen LogP contribution in [0.5, 0.6) is 0 Å². The van der Waals surface area contributed by atoms with Crippen LogP contribution in [0.1, 0.15) is 13.3 Å². The van der Waals surface area contributed by atoms with Crippen molar-refractivity contribution in [1.29, 1.82) is 0 Å². The Hall–Kier alpha value is -3.55. The van der Waals surface area contributed by atoms with Crippen molar-refractivity contribution in [2.75, 3.05) is 23.0 Å². The second-order valence-corrected chi connectivity index (χ2v) is 5.73. The number of fused-ring (bicyclic) bond motifs is 2. The number of anilines is 4. The molecule has 1 amide bonds. The van der Waals surface area contributed by atoms with E-state index in [9.17, 15) is 4.79 Å². The summed E-state index contributed by atoms with van der Waals surface area (Å²) in [5.74, 6) is 1.28. The summed E-state index contributed by atoms with van der Waals surface area (Å²) >= 11 is 0.